The molecule has 0 amide bonds. The third-order valence-electron chi connectivity index (χ3n) is 5.15. The molecule has 32 heavy (non-hydrogen) atoms. The number of aryl methyl sites for hydroxylation is 1. The summed E-state index contributed by atoms with van der Waals surface area (Å²) in [5, 5.41) is 0.886. The van der Waals surface area contributed by atoms with Gasteiger partial charge in [0.1, 0.15) is 0 Å². The van der Waals surface area contributed by atoms with Crippen LogP contribution in [0.1, 0.15) is 12.5 Å². The summed E-state index contributed by atoms with van der Waals surface area (Å²) < 4.78 is 31.0. The summed E-state index contributed by atoms with van der Waals surface area (Å²) in [6, 6.07) is 16.6. The number of methoxy groups -OCH3 is 1. The quantitative estimate of drug-likeness (QED) is 0.459. The Balaban J connectivity index is 1.91. The van der Waals surface area contributed by atoms with Gasteiger partial charge in [-0.05, 0) is 60.0 Å². The SMILES string of the molecule is CCc1cc(-c2ccc[nH]c2=O)c2nc(OC)c(-c3ccc(NS(C)(=O)=O)cc3)cc2c1. The van der Waals surface area contributed by atoms with Gasteiger partial charge in [-0.2, -0.15) is 0 Å². The zero-order chi connectivity index (χ0) is 22.9. The minimum Gasteiger partial charge on any atom is -0.481 e. The fraction of sp³-hybridized carbons (Fsp3) is 0.167. The van der Waals surface area contributed by atoms with E-state index < -0.39 is 10.0 Å². The van der Waals surface area contributed by atoms with E-state index in [4.69, 9.17) is 9.72 Å². The molecule has 0 aliphatic heterocycles. The Morgan fingerprint density at radius 1 is 1.03 bits per heavy atom. The highest BCUT2D eigenvalue weighted by Crippen LogP contribution is 2.36. The average molecular weight is 450 g/mol. The number of H-pyrrole nitrogens is 1. The van der Waals surface area contributed by atoms with E-state index in [2.05, 4.69) is 22.7 Å². The number of benzene rings is 2. The van der Waals surface area contributed by atoms with E-state index in [0.717, 1.165) is 40.3 Å². The molecule has 2 aromatic heterocycles. The third kappa shape index (κ3) is 4.36. The third-order valence-corrected chi connectivity index (χ3v) is 5.76. The largest absolute Gasteiger partial charge is 0.481 e. The van der Waals surface area contributed by atoms with Crippen LogP contribution in [0.5, 0.6) is 5.88 Å². The van der Waals surface area contributed by atoms with Gasteiger partial charge in [0.05, 0.1) is 18.9 Å². The lowest BCUT2D eigenvalue weighted by atomic mass is 9.96. The molecule has 2 aromatic carbocycles. The first-order chi connectivity index (χ1) is 15.3. The van der Waals surface area contributed by atoms with Crippen LogP contribution in [0.3, 0.4) is 0 Å². The first-order valence-corrected chi connectivity index (χ1v) is 12.0. The molecule has 164 valence electrons. The van der Waals surface area contributed by atoms with Crippen molar-refractivity contribution >= 4 is 26.6 Å². The highest BCUT2D eigenvalue weighted by molar-refractivity contribution is 7.92. The molecule has 2 heterocycles. The topological polar surface area (TPSA) is 101 Å². The van der Waals surface area contributed by atoms with Crippen LogP contribution in [-0.2, 0) is 16.4 Å². The molecule has 0 saturated heterocycles. The Morgan fingerprint density at radius 2 is 1.78 bits per heavy atom. The van der Waals surface area contributed by atoms with Gasteiger partial charge < -0.3 is 9.72 Å². The van der Waals surface area contributed by atoms with Crippen molar-refractivity contribution in [1.29, 1.82) is 0 Å². The van der Waals surface area contributed by atoms with Crippen molar-refractivity contribution in [2.24, 2.45) is 0 Å². The Bertz CT molecular complexity index is 1460. The Morgan fingerprint density at radius 3 is 2.41 bits per heavy atom. The monoisotopic (exact) mass is 449 g/mol. The van der Waals surface area contributed by atoms with Crippen LogP contribution >= 0.6 is 0 Å². The fourth-order valence-corrected chi connectivity index (χ4v) is 4.23. The molecule has 8 heteroatoms. The zero-order valence-electron chi connectivity index (χ0n) is 18.0. The van der Waals surface area contributed by atoms with E-state index in [1.807, 2.05) is 24.3 Å². The number of hydrogen-bond acceptors (Lipinski definition) is 5. The number of fused-ring (bicyclic) bond motifs is 1. The number of rotatable bonds is 6. The lowest BCUT2D eigenvalue weighted by Gasteiger charge is -2.14. The fourth-order valence-electron chi connectivity index (χ4n) is 3.67. The molecular formula is C24H23N3O4S. The predicted molar refractivity (Wildman–Crippen MR) is 128 cm³/mol. The first kappa shape index (κ1) is 21.6. The number of ether oxygens (including phenoxy) is 1. The molecule has 0 aliphatic carbocycles. The van der Waals surface area contributed by atoms with Crippen molar-refractivity contribution in [3.05, 3.63) is 76.7 Å². The maximum atomic E-state index is 12.5. The number of nitrogens with zero attached hydrogens (tertiary/aromatic N) is 1. The van der Waals surface area contributed by atoms with Gasteiger partial charge >= 0.3 is 0 Å². The summed E-state index contributed by atoms with van der Waals surface area (Å²) in [5.41, 5.74) is 4.95. The van der Waals surface area contributed by atoms with Gasteiger partial charge in [0.15, 0.2) is 0 Å². The minimum absolute atomic E-state index is 0.180. The second-order valence-electron chi connectivity index (χ2n) is 7.48. The van der Waals surface area contributed by atoms with Crippen LogP contribution < -0.4 is 15.0 Å². The Kier molecular flexibility index (Phi) is 5.71. The van der Waals surface area contributed by atoms with Crippen LogP contribution in [0.15, 0.2) is 65.6 Å². The van der Waals surface area contributed by atoms with Gasteiger partial charge in [-0.25, -0.2) is 13.4 Å². The number of hydrogen-bond donors (Lipinski definition) is 2. The predicted octanol–water partition coefficient (Wildman–Crippen LogP) is 4.20. The molecule has 4 rings (SSSR count). The Hall–Kier alpha value is -3.65. The molecule has 4 aromatic rings. The van der Waals surface area contributed by atoms with Gasteiger partial charge in [0, 0.05) is 34.0 Å². The normalized spacial score (nSPS) is 11.5. The molecule has 2 N–H and O–H groups in total. The molecule has 0 aliphatic rings. The number of aromatic amines is 1. The summed E-state index contributed by atoms with van der Waals surface area (Å²) in [6.45, 7) is 2.06. The van der Waals surface area contributed by atoms with Crippen molar-refractivity contribution in [3.63, 3.8) is 0 Å². The number of aromatic nitrogens is 2. The molecule has 0 bridgehead atoms. The standard InChI is InChI=1S/C24H23N3O4S/c1-4-15-12-17-14-20(16-7-9-18(10-8-16)27-32(3,29)30)24(31-2)26-22(17)21(13-15)19-6-5-11-25-23(19)28/h5-14,27H,4H2,1-3H3,(H,25,28). The molecular weight excluding hydrogens is 426 g/mol. The maximum Gasteiger partial charge on any atom is 0.255 e. The molecule has 0 saturated carbocycles. The molecule has 0 atom stereocenters. The van der Waals surface area contributed by atoms with Gasteiger partial charge in [-0.3, -0.25) is 9.52 Å². The molecule has 0 unspecified atom stereocenters. The van der Waals surface area contributed by atoms with E-state index in [0.29, 0.717) is 22.6 Å². The summed E-state index contributed by atoms with van der Waals surface area (Å²) in [4.78, 5) is 20.0. The van der Waals surface area contributed by atoms with Crippen LogP contribution in [0.25, 0.3) is 33.2 Å². The summed E-state index contributed by atoms with van der Waals surface area (Å²) >= 11 is 0. The van der Waals surface area contributed by atoms with Crippen molar-refractivity contribution in [3.8, 4) is 28.1 Å². The lowest BCUT2D eigenvalue weighted by Crippen LogP contribution is -2.09. The van der Waals surface area contributed by atoms with Crippen molar-refractivity contribution in [1.82, 2.24) is 9.97 Å². The smallest absolute Gasteiger partial charge is 0.255 e. The van der Waals surface area contributed by atoms with Crippen LogP contribution in [-0.4, -0.2) is 31.8 Å². The van der Waals surface area contributed by atoms with Gasteiger partial charge in [-0.1, -0.05) is 19.1 Å². The van der Waals surface area contributed by atoms with Crippen LogP contribution in [0, 0.1) is 0 Å². The van der Waals surface area contributed by atoms with Gasteiger partial charge in [0.25, 0.3) is 5.56 Å². The van der Waals surface area contributed by atoms with Gasteiger partial charge in [-0.15, -0.1) is 0 Å². The van der Waals surface area contributed by atoms with Crippen LogP contribution in [0.2, 0.25) is 0 Å². The van der Waals surface area contributed by atoms with E-state index >= 15 is 0 Å². The summed E-state index contributed by atoms with van der Waals surface area (Å²) in [5.74, 6) is 0.416. The minimum atomic E-state index is -3.35. The summed E-state index contributed by atoms with van der Waals surface area (Å²) in [7, 11) is -1.81. The van der Waals surface area contributed by atoms with E-state index in [1.165, 1.54) is 0 Å². The van der Waals surface area contributed by atoms with E-state index in [-0.39, 0.29) is 5.56 Å². The summed E-state index contributed by atoms with van der Waals surface area (Å²) in [6.07, 6.45) is 3.52. The van der Waals surface area contributed by atoms with Gasteiger partial charge in [0.2, 0.25) is 15.9 Å². The second kappa shape index (κ2) is 8.47. The molecule has 0 radical (unpaired) electrons. The highest BCUT2D eigenvalue weighted by atomic mass is 32.2. The molecule has 0 fully saturated rings. The highest BCUT2D eigenvalue weighted by Gasteiger charge is 2.16. The van der Waals surface area contributed by atoms with Crippen molar-refractivity contribution in [2.45, 2.75) is 13.3 Å². The molecule has 0 spiro atoms. The number of sulfonamides is 1. The zero-order valence-corrected chi connectivity index (χ0v) is 18.8. The maximum absolute atomic E-state index is 12.5. The van der Waals surface area contributed by atoms with Crippen molar-refractivity contribution in [2.75, 3.05) is 18.1 Å². The Labute approximate surface area is 186 Å². The van der Waals surface area contributed by atoms with E-state index in [9.17, 15) is 13.2 Å². The lowest BCUT2D eigenvalue weighted by molar-refractivity contribution is 0.401. The van der Waals surface area contributed by atoms with Crippen molar-refractivity contribution < 1.29 is 13.2 Å². The number of pyridine rings is 2. The average Bonchev–Trinajstić information content (AvgIpc) is 2.77. The first-order valence-electron chi connectivity index (χ1n) is 10.1. The second-order valence-corrected chi connectivity index (χ2v) is 9.23. The molecule has 7 nitrogen and oxygen atoms in total. The number of nitrogens with one attached hydrogen (secondary N) is 2. The number of anilines is 1. The van der Waals surface area contributed by atoms with Crippen LogP contribution in [0.4, 0.5) is 5.69 Å². The van der Waals surface area contributed by atoms with E-state index in [1.54, 1.807) is 37.6 Å².